The van der Waals surface area contributed by atoms with E-state index in [1.54, 1.807) is 17.5 Å². The summed E-state index contributed by atoms with van der Waals surface area (Å²) in [4.78, 5) is 8.78. The molecule has 3 rings (SSSR count). The minimum absolute atomic E-state index is 0.193. The van der Waals surface area contributed by atoms with Crippen molar-refractivity contribution in [3.8, 4) is 5.75 Å². The zero-order valence-corrected chi connectivity index (χ0v) is 11.7. The predicted octanol–water partition coefficient (Wildman–Crippen LogP) is 3.28. The van der Waals surface area contributed by atoms with E-state index in [0.29, 0.717) is 6.61 Å². The zero-order chi connectivity index (χ0) is 13.1. The number of hydrogen-bond donors (Lipinski definition) is 0. The number of aryl methyl sites for hydroxylation is 1. The van der Waals surface area contributed by atoms with Crippen LogP contribution in [-0.4, -0.2) is 16.6 Å². The van der Waals surface area contributed by atoms with Crippen molar-refractivity contribution in [3.63, 3.8) is 0 Å². The van der Waals surface area contributed by atoms with Gasteiger partial charge in [0, 0.05) is 18.2 Å². The van der Waals surface area contributed by atoms with E-state index >= 15 is 0 Å². The maximum atomic E-state index is 5.74. The molecular formula is C14H16N2O2S. The molecule has 0 saturated carbocycles. The smallest absolute Gasteiger partial charge is 0.141 e. The van der Waals surface area contributed by atoms with Crippen LogP contribution in [0.3, 0.4) is 0 Å². The van der Waals surface area contributed by atoms with Gasteiger partial charge in [0.1, 0.15) is 23.5 Å². The first-order valence-corrected chi connectivity index (χ1v) is 7.31. The van der Waals surface area contributed by atoms with Crippen molar-refractivity contribution in [2.75, 3.05) is 6.61 Å². The van der Waals surface area contributed by atoms with E-state index < -0.39 is 0 Å². The minimum atomic E-state index is 0.193. The third kappa shape index (κ3) is 2.93. The third-order valence-electron chi connectivity index (χ3n) is 3.11. The van der Waals surface area contributed by atoms with Gasteiger partial charge < -0.3 is 9.47 Å². The molecule has 2 aromatic heterocycles. The lowest BCUT2D eigenvalue weighted by Gasteiger charge is -2.06. The van der Waals surface area contributed by atoms with Gasteiger partial charge in [-0.3, -0.25) is 4.98 Å². The largest absolute Gasteiger partial charge is 0.485 e. The lowest BCUT2D eigenvalue weighted by atomic mass is 10.2. The van der Waals surface area contributed by atoms with Crippen LogP contribution >= 0.6 is 11.3 Å². The van der Waals surface area contributed by atoms with Gasteiger partial charge >= 0.3 is 0 Å². The molecule has 4 nitrogen and oxygen atoms in total. The molecular weight excluding hydrogens is 260 g/mol. The molecule has 1 saturated heterocycles. The van der Waals surface area contributed by atoms with Crippen molar-refractivity contribution in [1.82, 2.24) is 9.97 Å². The van der Waals surface area contributed by atoms with Crippen LogP contribution in [0.1, 0.15) is 35.3 Å². The summed E-state index contributed by atoms with van der Waals surface area (Å²) in [5.41, 5.74) is 1.86. The van der Waals surface area contributed by atoms with Crippen LogP contribution in [-0.2, 0) is 11.3 Å². The summed E-state index contributed by atoms with van der Waals surface area (Å²) in [5.74, 6) is 0.814. The first-order chi connectivity index (χ1) is 9.33. The van der Waals surface area contributed by atoms with Crippen molar-refractivity contribution in [2.24, 2.45) is 0 Å². The molecule has 1 aliphatic rings. The van der Waals surface area contributed by atoms with Crippen LogP contribution in [0.5, 0.6) is 5.75 Å². The summed E-state index contributed by atoms with van der Waals surface area (Å²) < 4.78 is 11.4. The Balaban J connectivity index is 1.63. The Hall–Kier alpha value is -1.46. The summed E-state index contributed by atoms with van der Waals surface area (Å²) in [7, 11) is 0. The first-order valence-electron chi connectivity index (χ1n) is 6.43. The molecule has 0 spiro atoms. The van der Waals surface area contributed by atoms with E-state index in [9.17, 15) is 0 Å². The molecule has 2 aromatic rings. The van der Waals surface area contributed by atoms with E-state index in [1.165, 1.54) is 0 Å². The van der Waals surface area contributed by atoms with Crippen molar-refractivity contribution >= 4 is 11.3 Å². The second-order valence-corrected chi connectivity index (χ2v) is 5.44. The van der Waals surface area contributed by atoms with Crippen LogP contribution in [0.4, 0.5) is 0 Å². The Labute approximate surface area is 116 Å². The lowest BCUT2D eigenvalue weighted by molar-refractivity contribution is 0.111. The number of rotatable bonds is 4. The fourth-order valence-corrected chi connectivity index (χ4v) is 2.97. The summed E-state index contributed by atoms with van der Waals surface area (Å²) in [5, 5.41) is 3.11. The number of thiazole rings is 1. The van der Waals surface area contributed by atoms with Gasteiger partial charge in [-0.25, -0.2) is 4.98 Å². The fourth-order valence-electron chi connectivity index (χ4n) is 2.08. The van der Waals surface area contributed by atoms with Crippen molar-refractivity contribution in [3.05, 3.63) is 40.1 Å². The number of aromatic nitrogens is 2. The summed E-state index contributed by atoms with van der Waals surface area (Å²) >= 11 is 1.65. The van der Waals surface area contributed by atoms with E-state index in [0.717, 1.165) is 41.6 Å². The third-order valence-corrected chi connectivity index (χ3v) is 4.09. The molecule has 3 heterocycles. The molecule has 0 bridgehead atoms. The normalized spacial score (nSPS) is 18.7. The highest BCUT2D eigenvalue weighted by atomic mass is 32.1. The van der Waals surface area contributed by atoms with Gasteiger partial charge in [-0.2, -0.15) is 0 Å². The molecule has 1 atom stereocenters. The summed E-state index contributed by atoms with van der Waals surface area (Å²) in [6, 6.07) is 3.80. The number of nitrogens with zero attached hydrogens (tertiary/aromatic N) is 2. The number of ether oxygens (including phenoxy) is 2. The van der Waals surface area contributed by atoms with Gasteiger partial charge in [-0.1, -0.05) is 0 Å². The lowest BCUT2D eigenvalue weighted by Crippen LogP contribution is -2.00. The molecule has 0 amide bonds. The Kier molecular flexibility index (Phi) is 3.75. The molecule has 100 valence electrons. The Morgan fingerprint density at radius 2 is 2.47 bits per heavy atom. The average molecular weight is 276 g/mol. The van der Waals surface area contributed by atoms with Gasteiger partial charge in [-0.05, 0) is 31.9 Å². The van der Waals surface area contributed by atoms with E-state index in [2.05, 4.69) is 9.97 Å². The highest BCUT2D eigenvalue weighted by Gasteiger charge is 2.20. The van der Waals surface area contributed by atoms with Gasteiger partial charge in [0.25, 0.3) is 0 Å². The van der Waals surface area contributed by atoms with Crippen LogP contribution in [0, 0.1) is 6.92 Å². The Morgan fingerprint density at radius 1 is 1.53 bits per heavy atom. The number of pyridine rings is 1. The van der Waals surface area contributed by atoms with Gasteiger partial charge in [0.15, 0.2) is 0 Å². The standard InChI is InChI=1S/C14H16N2O2S/c1-10-12(4-2-6-15-10)18-8-11-9-19-14(16-11)13-5-3-7-17-13/h2,4,6,9,13H,3,5,7-8H2,1H3/t13-/m0/s1. The molecule has 0 unspecified atom stereocenters. The van der Waals surface area contributed by atoms with E-state index in [4.69, 9.17) is 9.47 Å². The predicted molar refractivity (Wildman–Crippen MR) is 73.3 cm³/mol. The molecule has 19 heavy (non-hydrogen) atoms. The molecule has 1 fully saturated rings. The van der Waals surface area contributed by atoms with E-state index in [1.807, 2.05) is 24.4 Å². The molecule has 1 aliphatic heterocycles. The zero-order valence-electron chi connectivity index (χ0n) is 10.8. The monoisotopic (exact) mass is 276 g/mol. The van der Waals surface area contributed by atoms with Crippen molar-refractivity contribution in [2.45, 2.75) is 32.5 Å². The first kappa shape index (κ1) is 12.6. The quantitative estimate of drug-likeness (QED) is 0.859. The van der Waals surface area contributed by atoms with Crippen LogP contribution < -0.4 is 4.74 Å². The van der Waals surface area contributed by atoms with Crippen LogP contribution in [0.2, 0.25) is 0 Å². The maximum absolute atomic E-state index is 5.74. The highest BCUT2D eigenvalue weighted by molar-refractivity contribution is 7.09. The van der Waals surface area contributed by atoms with Crippen LogP contribution in [0.25, 0.3) is 0 Å². The second-order valence-electron chi connectivity index (χ2n) is 4.55. The van der Waals surface area contributed by atoms with Crippen LogP contribution in [0.15, 0.2) is 23.7 Å². The Bertz CT molecular complexity index is 550. The van der Waals surface area contributed by atoms with Gasteiger partial charge in [-0.15, -0.1) is 11.3 Å². The topological polar surface area (TPSA) is 44.2 Å². The highest BCUT2D eigenvalue weighted by Crippen LogP contribution is 2.30. The molecule has 0 aliphatic carbocycles. The van der Waals surface area contributed by atoms with Crippen molar-refractivity contribution in [1.29, 1.82) is 0 Å². The molecule has 5 heteroatoms. The SMILES string of the molecule is Cc1ncccc1OCc1csc([C@@H]2CCCO2)n1. The summed E-state index contributed by atoms with van der Waals surface area (Å²) in [6.07, 6.45) is 4.17. The maximum Gasteiger partial charge on any atom is 0.141 e. The second kappa shape index (κ2) is 5.67. The van der Waals surface area contributed by atoms with E-state index in [-0.39, 0.29) is 6.10 Å². The van der Waals surface area contributed by atoms with Gasteiger partial charge in [0.2, 0.25) is 0 Å². The fraction of sp³-hybridized carbons (Fsp3) is 0.429. The number of hydrogen-bond acceptors (Lipinski definition) is 5. The van der Waals surface area contributed by atoms with Gasteiger partial charge in [0.05, 0.1) is 11.4 Å². The van der Waals surface area contributed by atoms with Crippen molar-refractivity contribution < 1.29 is 9.47 Å². The minimum Gasteiger partial charge on any atom is -0.485 e. The Morgan fingerprint density at radius 3 is 3.26 bits per heavy atom. The average Bonchev–Trinajstić information content (AvgIpc) is 3.09. The molecule has 0 N–H and O–H groups in total. The molecule has 0 radical (unpaired) electrons. The summed E-state index contributed by atoms with van der Waals surface area (Å²) in [6.45, 7) is 3.27. The molecule has 0 aromatic carbocycles.